The van der Waals surface area contributed by atoms with E-state index in [4.69, 9.17) is 22.7 Å². The van der Waals surface area contributed by atoms with E-state index in [0.717, 1.165) is 11.3 Å². The van der Waals surface area contributed by atoms with E-state index in [9.17, 15) is 0 Å². The molecule has 94 valence electrons. The van der Waals surface area contributed by atoms with Gasteiger partial charge in [0.05, 0.1) is 4.99 Å². The van der Waals surface area contributed by atoms with Gasteiger partial charge in [-0.3, -0.25) is 0 Å². The molecular formula is C14H21NOS. The minimum atomic E-state index is 0.0219. The third kappa shape index (κ3) is 4.35. The van der Waals surface area contributed by atoms with Crippen LogP contribution >= 0.6 is 12.2 Å². The van der Waals surface area contributed by atoms with E-state index in [1.807, 2.05) is 13.8 Å². The molecular weight excluding hydrogens is 230 g/mol. The van der Waals surface area contributed by atoms with Crippen molar-refractivity contribution in [2.75, 3.05) is 0 Å². The number of rotatable bonds is 5. The molecule has 0 radical (unpaired) electrons. The van der Waals surface area contributed by atoms with Gasteiger partial charge in [-0.25, -0.2) is 0 Å². The van der Waals surface area contributed by atoms with Gasteiger partial charge >= 0.3 is 0 Å². The lowest BCUT2D eigenvalue weighted by atomic mass is 10.0. The van der Waals surface area contributed by atoms with E-state index in [-0.39, 0.29) is 6.10 Å². The summed E-state index contributed by atoms with van der Waals surface area (Å²) in [5.74, 6) is 1.43. The monoisotopic (exact) mass is 251 g/mol. The fourth-order valence-electron chi connectivity index (χ4n) is 1.64. The first kappa shape index (κ1) is 14.0. The molecule has 0 saturated carbocycles. The Morgan fingerprint density at radius 2 is 2.00 bits per heavy atom. The first-order chi connectivity index (χ1) is 7.90. The zero-order chi connectivity index (χ0) is 13.0. The molecule has 0 bridgehead atoms. The Morgan fingerprint density at radius 3 is 2.53 bits per heavy atom. The first-order valence-electron chi connectivity index (χ1n) is 5.95. The molecule has 1 rings (SSSR count). The van der Waals surface area contributed by atoms with E-state index in [1.54, 1.807) is 0 Å². The molecule has 1 unspecified atom stereocenters. The molecule has 0 amide bonds. The number of ether oxygens (including phenoxy) is 1. The summed E-state index contributed by atoms with van der Waals surface area (Å²) in [7, 11) is 0. The summed E-state index contributed by atoms with van der Waals surface area (Å²) in [4.78, 5) is 0.496. The Balaban J connectivity index is 2.82. The molecule has 1 aromatic carbocycles. The topological polar surface area (TPSA) is 35.2 Å². The molecule has 0 spiro atoms. The normalized spacial score (nSPS) is 12.5. The third-order valence-corrected chi connectivity index (χ3v) is 2.86. The summed E-state index contributed by atoms with van der Waals surface area (Å²) in [5, 5.41) is 0. The van der Waals surface area contributed by atoms with Crippen LogP contribution in [-0.2, 0) is 0 Å². The summed E-state index contributed by atoms with van der Waals surface area (Å²) in [6.45, 7) is 8.38. The van der Waals surface area contributed by atoms with Crippen LogP contribution in [-0.4, -0.2) is 11.1 Å². The lowest BCUT2D eigenvalue weighted by Crippen LogP contribution is -2.21. The third-order valence-electron chi connectivity index (χ3n) is 2.70. The van der Waals surface area contributed by atoms with Gasteiger partial charge in [0.1, 0.15) is 11.9 Å². The lowest BCUT2D eigenvalue weighted by Gasteiger charge is -2.17. The standard InChI is InChI=1S/C14H21NOS/c1-9(2)12-6-5-10(3)13(8-12)16-11(4)7-14(15)17/h5-6,8-9,11H,7H2,1-4H3,(H2,15,17). The highest BCUT2D eigenvalue weighted by molar-refractivity contribution is 7.80. The molecule has 0 fully saturated rings. The summed E-state index contributed by atoms with van der Waals surface area (Å²) < 4.78 is 5.88. The minimum absolute atomic E-state index is 0.0219. The maximum atomic E-state index is 5.88. The van der Waals surface area contributed by atoms with Crippen molar-refractivity contribution in [3.8, 4) is 5.75 Å². The number of aryl methyl sites for hydroxylation is 1. The SMILES string of the molecule is Cc1ccc(C(C)C)cc1OC(C)CC(N)=S. The van der Waals surface area contributed by atoms with Gasteiger partial charge in [0.15, 0.2) is 0 Å². The molecule has 3 heteroatoms. The zero-order valence-corrected chi connectivity index (χ0v) is 11.8. The van der Waals surface area contributed by atoms with Crippen LogP contribution in [0.1, 0.15) is 44.2 Å². The molecule has 1 aromatic rings. The summed E-state index contributed by atoms with van der Waals surface area (Å²) in [5.41, 5.74) is 7.94. The molecule has 0 aromatic heterocycles. The molecule has 2 nitrogen and oxygen atoms in total. The van der Waals surface area contributed by atoms with Crippen LogP contribution in [0, 0.1) is 6.92 Å². The summed E-state index contributed by atoms with van der Waals surface area (Å²) >= 11 is 4.89. The Morgan fingerprint density at radius 1 is 1.35 bits per heavy atom. The van der Waals surface area contributed by atoms with Crippen molar-refractivity contribution in [2.45, 2.75) is 46.1 Å². The highest BCUT2D eigenvalue weighted by atomic mass is 32.1. The molecule has 17 heavy (non-hydrogen) atoms. The van der Waals surface area contributed by atoms with Gasteiger partial charge in [-0.1, -0.05) is 38.2 Å². The smallest absolute Gasteiger partial charge is 0.122 e. The van der Waals surface area contributed by atoms with Crippen LogP contribution in [0.2, 0.25) is 0 Å². The molecule has 0 aliphatic heterocycles. The van der Waals surface area contributed by atoms with Crippen molar-refractivity contribution in [3.63, 3.8) is 0 Å². The Hall–Kier alpha value is -1.09. The van der Waals surface area contributed by atoms with Crippen LogP contribution in [0.25, 0.3) is 0 Å². The average molecular weight is 251 g/mol. The number of nitrogens with two attached hydrogens (primary N) is 1. The van der Waals surface area contributed by atoms with Gasteiger partial charge in [0.2, 0.25) is 0 Å². The number of benzene rings is 1. The minimum Gasteiger partial charge on any atom is -0.490 e. The average Bonchev–Trinajstić information content (AvgIpc) is 2.19. The van der Waals surface area contributed by atoms with Crippen LogP contribution in [0.15, 0.2) is 18.2 Å². The molecule has 1 atom stereocenters. The quantitative estimate of drug-likeness (QED) is 0.813. The van der Waals surface area contributed by atoms with Crippen molar-refractivity contribution >= 4 is 17.2 Å². The molecule has 2 N–H and O–H groups in total. The Kier molecular flexibility index (Phi) is 4.94. The molecule has 0 saturated heterocycles. The predicted molar refractivity (Wildman–Crippen MR) is 76.8 cm³/mol. The fourth-order valence-corrected chi connectivity index (χ4v) is 1.88. The van der Waals surface area contributed by atoms with Gasteiger partial charge in [-0.2, -0.15) is 0 Å². The van der Waals surface area contributed by atoms with Crippen LogP contribution in [0.5, 0.6) is 5.75 Å². The van der Waals surface area contributed by atoms with Crippen LogP contribution < -0.4 is 10.5 Å². The van der Waals surface area contributed by atoms with Gasteiger partial charge < -0.3 is 10.5 Å². The molecule has 0 aliphatic rings. The van der Waals surface area contributed by atoms with Gasteiger partial charge in [0, 0.05) is 6.42 Å². The van der Waals surface area contributed by atoms with E-state index in [0.29, 0.717) is 17.3 Å². The first-order valence-corrected chi connectivity index (χ1v) is 6.36. The summed E-state index contributed by atoms with van der Waals surface area (Å²) in [6, 6.07) is 6.35. The fraction of sp³-hybridized carbons (Fsp3) is 0.500. The lowest BCUT2D eigenvalue weighted by molar-refractivity contribution is 0.228. The molecule has 0 heterocycles. The number of thiocarbonyl (C=S) groups is 1. The van der Waals surface area contributed by atoms with E-state index in [1.165, 1.54) is 5.56 Å². The van der Waals surface area contributed by atoms with E-state index < -0.39 is 0 Å². The second kappa shape index (κ2) is 6.01. The largest absolute Gasteiger partial charge is 0.490 e. The van der Waals surface area contributed by atoms with Gasteiger partial charge in [-0.15, -0.1) is 0 Å². The van der Waals surface area contributed by atoms with E-state index in [2.05, 4.69) is 32.0 Å². The maximum absolute atomic E-state index is 5.88. The predicted octanol–water partition coefficient (Wildman–Crippen LogP) is 3.56. The second-order valence-electron chi connectivity index (χ2n) is 4.78. The van der Waals surface area contributed by atoms with E-state index >= 15 is 0 Å². The maximum Gasteiger partial charge on any atom is 0.122 e. The van der Waals surface area contributed by atoms with Gasteiger partial charge in [-0.05, 0) is 37.0 Å². The Bertz CT molecular complexity index is 401. The number of hydrogen-bond acceptors (Lipinski definition) is 2. The van der Waals surface area contributed by atoms with Gasteiger partial charge in [0.25, 0.3) is 0 Å². The van der Waals surface area contributed by atoms with Crippen molar-refractivity contribution < 1.29 is 4.74 Å². The molecule has 0 aliphatic carbocycles. The second-order valence-corrected chi connectivity index (χ2v) is 5.30. The summed E-state index contributed by atoms with van der Waals surface area (Å²) in [6.07, 6.45) is 0.634. The van der Waals surface area contributed by atoms with Crippen molar-refractivity contribution in [1.29, 1.82) is 0 Å². The van der Waals surface area contributed by atoms with Crippen LogP contribution in [0.3, 0.4) is 0 Å². The van der Waals surface area contributed by atoms with Crippen molar-refractivity contribution in [1.82, 2.24) is 0 Å². The number of hydrogen-bond donors (Lipinski definition) is 1. The van der Waals surface area contributed by atoms with Crippen molar-refractivity contribution in [2.24, 2.45) is 5.73 Å². The highest BCUT2D eigenvalue weighted by Gasteiger charge is 2.09. The van der Waals surface area contributed by atoms with Crippen molar-refractivity contribution in [3.05, 3.63) is 29.3 Å². The zero-order valence-electron chi connectivity index (χ0n) is 11.0. The van der Waals surface area contributed by atoms with Crippen LogP contribution in [0.4, 0.5) is 0 Å². The highest BCUT2D eigenvalue weighted by Crippen LogP contribution is 2.25. The Labute approximate surface area is 109 Å².